The summed E-state index contributed by atoms with van der Waals surface area (Å²) in [5.41, 5.74) is 1.69. The van der Waals surface area contributed by atoms with E-state index in [1.165, 1.54) is 12.1 Å². The Morgan fingerprint density at radius 1 is 1.47 bits per heavy atom. The van der Waals surface area contributed by atoms with Crippen LogP contribution in [-0.2, 0) is 6.54 Å². The SMILES string of the molecule is CCn1cc(C(C)O)c2ccc(F)cc21. The number of halogens is 1. The summed E-state index contributed by atoms with van der Waals surface area (Å²) in [4.78, 5) is 0. The summed E-state index contributed by atoms with van der Waals surface area (Å²) in [6.07, 6.45) is 1.36. The number of benzene rings is 1. The van der Waals surface area contributed by atoms with Gasteiger partial charge in [-0.1, -0.05) is 0 Å². The van der Waals surface area contributed by atoms with Crippen LogP contribution < -0.4 is 0 Å². The number of fused-ring (bicyclic) bond motifs is 1. The van der Waals surface area contributed by atoms with Crippen LogP contribution in [0.4, 0.5) is 4.39 Å². The van der Waals surface area contributed by atoms with Crippen LogP contribution in [0.2, 0.25) is 0 Å². The number of aliphatic hydroxyl groups is 1. The Morgan fingerprint density at radius 2 is 2.20 bits per heavy atom. The van der Waals surface area contributed by atoms with E-state index in [0.29, 0.717) is 0 Å². The second-order valence-electron chi connectivity index (χ2n) is 3.71. The predicted molar refractivity (Wildman–Crippen MR) is 58.2 cm³/mol. The molecule has 0 radical (unpaired) electrons. The Labute approximate surface area is 88.0 Å². The summed E-state index contributed by atoms with van der Waals surface area (Å²) in [7, 11) is 0. The van der Waals surface area contributed by atoms with Crippen molar-refractivity contribution in [1.82, 2.24) is 4.57 Å². The molecule has 0 fully saturated rings. The van der Waals surface area contributed by atoms with Gasteiger partial charge >= 0.3 is 0 Å². The van der Waals surface area contributed by atoms with Gasteiger partial charge in [-0.3, -0.25) is 0 Å². The molecule has 1 aromatic heterocycles. The zero-order valence-corrected chi connectivity index (χ0v) is 8.87. The third kappa shape index (κ3) is 1.63. The van der Waals surface area contributed by atoms with Gasteiger partial charge in [-0.2, -0.15) is 0 Å². The Bertz CT molecular complexity index is 488. The number of nitrogens with zero attached hydrogens (tertiary/aromatic N) is 1. The maximum absolute atomic E-state index is 13.1. The van der Waals surface area contributed by atoms with Crippen molar-refractivity contribution < 1.29 is 9.50 Å². The van der Waals surface area contributed by atoms with E-state index < -0.39 is 6.10 Å². The minimum absolute atomic E-state index is 0.243. The summed E-state index contributed by atoms with van der Waals surface area (Å²) in [5.74, 6) is -0.243. The van der Waals surface area contributed by atoms with Crippen LogP contribution in [0, 0.1) is 5.82 Å². The first-order valence-corrected chi connectivity index (χ1v) is 5.10. The molecule has 2 aromatic rings. The minimum atomic E-state index is -0.522. The monoisotopic (exact) mass is 207 g/mol. The van der Waals surface area contributed by atoms with E-state index in [1.54, 1.807) is 13.0 Å². The van der Waals surface area contributed by atoms with Crippen molar-refractivity contribution in [2.75, 3.05) is 0 Å². The normalized spacial score (nSPS) is 13.3. The van der Waals surface area contributed by atoms with Gasteiger partial charge in [0, 0.05) is 23.7 Å². The van der Waals surface area contributed by atoms with Gasteiger partial charge in [0.25, 0.3) is 0 Å². The summed E-state index contributed by atoms with van der Waals surface area (Å²) in [5, 5.41) is 10.5. The van der Waals surface area contributed by atoms with Crippen LogP contribution in [0.5, 0.6) is 0 Å². The molecule has 1 heterocycles. The Morgan fingerprint density at radius 3 is 2.80 bits per heavy atom. The molecule has 2 rings (SSSR count). The van der Waals surface area contributed by atoms with Crippen LogP contribution in [0.25, 0.3) is 10.9 Å². The van der Waals surface area contributed by atoms with Crippen molar-refractivity contribution in [1.29, 1.82) is 0 Å². The quantitative estimate of drug-likeness (QED) is 0.804. The molecule has 3 heteroatoms. The minimum Gasteiger partial charge on any atom is -0.389 e. The molecule has 0 aliphatic heterocycles. The summed E-state index contributed by atoms with van der Waals surface area (Å²) < 4.78 is 15.0. The highest BCUT2D eigenvalue weighted by atomic mass is 19.1. The third-order valence-electron chi connectivity index (χ3n) is 2.67. The number of aromatic nitrogens is 1. The van der Waals surface area contributed by atoms with E-state index in [9.17, 15) is 9.50 Å². The zero-order chi connectivity index (χ0) is 11.0. The Balaban J connectivity index is 2.75. The van der Waals surface area contributed by atoms with Gasteiger partial charge in [0.05, 0.1) is 11.6 Å². The molecule has 0 aliphatic rings. The van der Waals surface area contributed by atoms with E-state index in [2.05, 4.69) is 0 Å². The van der Waals surface area contributed by atoms with Crippen LogP contribution in [0.3, 0.4) is 0 Å². The lowest BCUT2D eigenvalue weighted by molar-refractivity contribution is 0.200. The molecule has 0 bridgehead atoms. The highest BCUT2D eigenvalue weighted by Crippen LogP contribution is 2.26. The lowest BCUT2D eigenvalue weighted by Gasteiger charge is -2.00. The van der Waals surface area contributed by atoms with Crippen LogP contribution in [0.15, 0.2) is 24.4 Å². The second-order valence-corrected chi connectivity index (χ2v) is 3.71. The van der Waals surface area contributed by atoms with E-state index in [0.717, 1.165) is 23.0 Å². The first-order valence-electron chi connectivity index (χ1n) is 5.10. The number of hydrogen-bond donors (Lipinski definition) is 1. The standard InChI is InChI=1S/C12H14FNO/c1-3-14-7-11(8(2)15)10-5-4-9(13)6-12(10)14/h4-8,15H,3H2,1-2H3. The maximum atomic E-state index is 13.1. The average Bonchev–Trinajstić information content (AvgIpc) is 2.55. The first kappa shape index (κ1) is 10.2. The molecular formula is C12H14FNO. The van der Waals surface area contributed by atoms with Gasteiger partial charge in [-0.05, 0) is 32.0 Å². The van der Waals surface area contributed by atoms with Gasteiger partial charge in [0.1, 0.15) is 5.82 Å². The number of rotatable bonds is 2. The Hall–Kier alpha value is -1.35. The van der Waals surface area contributed by atoms with Crippen molar-refractivity contribution in [2.24, 2.45) is 0 Å². The van der Waals surface area contributed by atoms with Gasteiger partial charge < -0.3 is 9.67 Å². The van der Waals surface area contributed by atoms with Crippen molar-refractivity contribution in [3.8, 4) is 0 Å². The van der Waals surface area contributed by atoms with Gasteiger partial charge in [-0.15, -0.1) is 0 Å². The zero-order valence-electron chi connectivity index (χ0n) is 8.87. The fourth-order valence-electron chi connectivity index (χ4n) is 1.89. The highest BCUT2D eigenvalue weighted by Gasteiger charge is 2.11. The predicted octanol–water partition coefficient (Wildman–Crippen LogP) is 2.85. The molecule has 1 atom stereocenters. The second kappa shape index (κ2) is 3.66. The number of aliphatic hydroxyl groups excluding tert-OH is 1. The van der Waals surface area contributed by atoms with Gasteiger partial charge in [-0.25, -0.2) is 4.39 Å². The van der Waals surface area contributed by atoms with Gasteiger partial charge in [0.2, 0.25) is 0 Å². The summed E-state index contributed by atoms with van der Waals surface area (Å²) in [6.45, 7) is 4.49. The highest BCUT2D eigenvalue weighted by molar-refractivity contribution is 5.84. The maximum Gasteiger partial charge on any atom is 0.125 e. The molecular weight excluding hydrogens is 193 g/mol. The van der Waals surface area contributed by atoms with E-state index in [-0.39, 0.29) is 5.82 Å². The molecule has 1 N–H and O–H groups in total. The average molecular weight is 207 g/mol. The molecule has 0 saturated carbocycles. The summed E-state index contributed by atoms with van der Waals surface area (Å²) >= 11 is 0. The molecule has 0 aliphatic carbocycles. The van der Waals surface area contributed by atoms with Crippen molar-refractivity contribution in [2.45, 2.75) is 26.5 Å². The number of aryl methyl sites for hydroxylation is 1. The lowest BCUT2D eigenvalue weighted by atomic mass is 10.1. The van der Waals surface area contributed by atoms with Crippen molar-refractivity contribution >= 4 is 10.9 Å². The van der Waals surface area contributed by atoms with Crippen LogP contribution >= 0.6 is 0 Å². The van der Waals surface area contributed by atoms with Crippen LogP contribution in [-0.4, -0.2) is 9.67 Å². The molecule has 1 aromatic carbocycles. The fraction of sp³-hybridized carbons (Fsp3) is 0.333. The van der Waals surface area contributed by atoms with Crippen molar-refractivity contribution in [3.63, 3.8) is 0 Å². The molecule has 2 nitrogen and oxygen atoms in total. The molecule has 0 spiro atoms. The van der Waals surface area contributed by atoms with E-state index in [1.807, 2.05) is 17.7 Å². The van der Waals surface area contributed by atoms with E-state index in [4.69, 9.17) is 0 Å². The van der Waals surface area contributed by atoms with Gasteiger partial charge in [0.15, 0.2) is 0 Å². The Kier molecular flexibility index (Phi) is 2.49. The smallest absolute Gasteiger partial charge is 0.125 e. The van der Waals surface area contributed by atoms with Crippen LogP contribution in [0.1, 0.15) is 25.5 Å². The lowest BCUT2D eigenvalue weighted by Crippen LogP contribution is -1.91. The van der Waals surface area contributed by atoms with E-state index >= 15 is 0 Å². The largest absolute Gasteiger partial charge is 0.389 e. The molecule has 1 unspecified atom stereocenters. The third-order valence-corrected chi connectivity index (χ3v) is 2.67. The van der Waals surface area contributed by atoms with Crippen molar-refractivity contribution in [3.05, 3.63) is 35.8 Å². The molecule has 15 heavy (non-hydrogen) atoms. The summed E-state index contributed by atoms with van der Waals surface area (Å²) in [6, 6.07) is 4.65. The fourth-order valence-corrected chi connectivity index (χ4v) is 1.89. The first-order chi connectivity index (χ1) is 7.13. The molecule has 0 amide bonds. The number of hydrogen-bond acceptors (Lipinski definition) is 1. The molecule has 80 valence electrons. The topological polar surface area (TPSA) is 25.2 Å². The molecule has 0 saturated heterocycles.